The molecule has 0 aliphatic rings. The maximum absolute atomic E-state index is 6.05. The minimum Gasteiger partial charge on any atom is -0.468 e. The van der Waals surface area contributed by atoms with E-state index in [1.165, 1.54) is 0 Å². The van der Waals surface area contributed by atoms with E-state index in [-0.39, 0.29) is 12.1 Å². The van der Waals surface area contributed by atoms with E-state index >= 15 is 0 Å². The lowest BCUT2D eigenvalue weighted by atomic mass is 9.98. The van der Waals surface area contributed by atoms with Gasteiger partial charge in [-0.2, -0.15) is 0 Å². The molecule has 1 heterocycles. The Balaban J connectivity index is 2.68. The van der Waals surface area contributed by atoms with Gasteiger partial charge in [0.1, 0.15) is 5.76 Å². The van der Waals surface area contributed by atoms with Gasteiger partial charge < -0.3 is 14.9 Å². The summed E-state index contributed by atoms with van der Waals surface area (Å²) in [5.74, 6) is 1.17. The summed E-state index contributed by atoms with van der Waals surface area (Å²) in [5, 5.41) is 0. The number of rotatable bonds is 5. The molecular weight excluding hydrogens is 178 g/mol. The van der Waals surface area contributed by atoms with Gasteiger partial charge in [-0.3, -0.25) is 0 Å². The van der Waals surface area contributed by atoms with Crippen LogP contribution >= 0.6 is 0 Å². The van der Waals surface area contributed by atoms with Crippen LogP contribution in [0.2, 0.25) is 0 Å². The summed E-state index contributed by atoms with van der Waals surface area (Å²) in [6.07, 6.45) is 1.66. The zero-order valence-electron chi connectivity index (χ0n) is 9.07. The number of hydrogen-bond donors (Lipinski definition) is 1. The van der Waals surface area contributed by atoms with Crippen LogP contribution in [-0.2, 0) is 4.74 Å². The van der Waals surface area contributed by atoms with Gasteiger partial charge in [0.15, 0.2) is 0 Å². The summed E-state index contributed by atoms with van der Waals surface area (Å²) >= 11 is 0. The van der Waals surface area contributed by atoms with Gasteiger partial charge in [0, 0.05) is 6.61 Å². The summed E-state index contributed by atoms with van der Waals surface area (Å²) in [7, 11) is 0. The van der Waals surface area contributed by atoms with E-state index in [0.29, 0.717) is 12.5 Å². The van der Waals surface area contributed by atoms with Gasteiger partial charge in [-0.15, -0.1) is 0 Å². The molecule has 14 heavy (non-hydrogen) atoms. The van der Waals surface area contributed by atoms with Crippen LogP contribution in [0.3, 0.4) is 0 Å². The summed E-state index contributed by atoms with van der Waals surface area (Å²) in [6, 6.07) is 3.56. The fourth-order valence-electron chi connectivity index (χ4n) is 1.55. The molecule has 0 spiro atoms. The Morgan fingerprint density at radius 3 is 2.64 bits per heavy atom. The Labute approximate surface area is 85.2 Å². The fraction of sp³-hybridized carbons (Fsp3) is 0.636. The van der Waals surface area contributed by atoms with Crippen molar-refractivity contribution in [2.75, 3.05) is 6.61 Å². The molecule has 3 heteroatoms. The Hall–Kier alpha value is -0.800. The maximum Gasteiger partial charge on any atom is 0.123 e. The molecule has 0 amide bonds. The quantitative estimate of drug-likeness (QED) is 0.788. The van der Waals surface area contributed by atoms with Crippen LogP contribution in [0.25, 0.3) is 0 Å². The van der Waals surface area contributed by atoms with Gasteiger partial charge in [-0.05, 0) is 25.0 Å². The highest BCUT2D eigenvalue weighted by molar-refractivity contribution is 5.06. The normalized spacial score (nSPS) is 15.8. The smallest absolute Gasteiger partial charge is 0.123 e. The summed E-state index contributed by atoms with van der Waals surface area (Å²) in [6.45, 7) is 6.85. The third-order valence-electron chi connectivity index (χ3n) is 2.24. The predicted molar refractivity (Wildman–Crippen MR) is 55.9 cm³/mol. The Kier molecular flexibility index (Phi) is 4.17. The van der Waals surface area contributed by atoms with Crippen LogP contribution in [0.15, 0.2) is 22.8 Å². The molecule has 0 aliphatic heterocycles. The number of furan rings is 1. The summed E-state index contributed by atoms with van der Waals surface area (Å²) in [4.78, 5) is 0. The van der Waals surface area contributed by atoms with Crippen LogP contribution in [-0.4, -0.2) is 12.7 Å². The van der Waals surface area contributed by atoms with Crippen molar-refractivity contribution >= 4 is 0 Å². The molecule has 1 aromatic heterocycles. The second-order valence-corrected chi connectivity index (χ2v) is 3.71. The van der Waals surface area contributed by atoms with E-state index in [2.05, 4.69) is 13.8 Å². The first kappa shape index (κ1) is 11.3. The standard InChI is InChI=1S/C11H19NO2/c1-4-13-11(8(2)3)10(12)9-6-5-7-14-9/h5-8,10-11H,4,12H2,1-3H3. The van der Waals surface area contributed by atoms with Crippen molar-refractivity contribution in [3.05, 3.63) is 24.2 Å². The highest BCUT2D eigenvalue weighted by atomic mass is 16.5. The van der Waals surface area contributed by atoms with Crippen LogP contribution in [0.5, 0.6) is 0 Å². The Bertz CT molecular complexity index is 244. The fourth-order valence-corrected chi connectivity index (χ4v) is 1.55. The molecule has 0 saturated heterocycles. The molecule has 2 unspecified atom stereocenters. The molecule has 0 aromatic carbocycles. The average molecular weight is 197 g/mol. The van der Waals surface area contributed by atoms with Crippen molar-refractivity contribution in [2.24, 2.45) is 11.7 Å². The molecule has 0 saturated carbocycles. The summed E-state index contributed by atoms with van der Waals surface area (Å²) < 4.78 is 10.9. The summed E-state index contributed by atoms with van der Waals surface area (Å²) in [5.41, 5.74) is 6.05. The largest absolute Gasteiger partial charge is 0.468 e. The molecule has 0 radical (unpaired) electrons. The van der Waals surface area contributed by atoms with E-state index in [1.54, 1.807) is 6.26 Å². The van der Waals surface area contributed by atoms with E-state index < -0.39 is 0 Å². The molecular formula is C11H19NO2. The average Bonchev–Trinajstić information content (AvgIpc) is 2.65. The van der Waals surface area contributed by atoms with Crippen LogP contribution in [0.4, 0.5) is 0 Å². The third kappa shape index (κ3) is 2.59. The van der Waals surface area contributed by atoms with Gasteiger partial charge in [-0.1, -0.05) is 13.8 Å². The first-order valence-electron chi connectivity index (χ1n) is 5.07. The van der Waals surface area contributed by atoms with Gasteiger partial charge in [0.2, 0.25) is 0 Å². The second kappa shape index (κ2) is 5.17. The molecule has 2 N–H and O–H groups in total. The molecule has 1 rings (SSSR count). The van der Waals surface area contributed by atoms with Crippen molar-refractivity contribution in [1.29, 1.82) is 0 Å². The SMILES string of the molecule is CCOC(C(C)C)C(N)c1ccco1. The third-order valence-corrected chi connectivity index (χ3v) is 2.24. The van der Waals surface area contributed by atoms with Gasteiger partial charge in [0.05, 0.1) is 18.4 Å². The van der Waals surface area contributed by atoms with Crippen molar-refractivity contribution in [3.63, 3.8) is 0 Å². The minimum atomic E-state index is -0.176. The lowest BCUT2D eigenvalue weighted by Gasteiger charge is -2.25. The highest BCUT2D eigenvalue weighted by Gasteiger charge is 2.24. The molecule has 3 nitrogen and oxygen atoms in total. The number of ether oxygens (including phenoxy) is 1. The Morgan fingerprint density at radius 1 is 1.50 bits per heavy atom. The van der Waals surface area contributed by atoms with Gasteiger partial charge in [-0.25, -0.2) is 0 Å². The highest BCUT2D eigenvalue weighted by Crippen LogP contribution is 2.22. The topological polar surface area (TPSA) is 48.4 Å². The van der Waals surface area contributed by atoms with Crippen LogP contribution < -0.4 is 5.73 Å². The lowest BCUT2D eigenvalue weighted by molar-refractivity contribution is 0.00762. The number of nitrogens with two attached hydrogens (primary N) is 1. The molecule has 0 bridgehead atoms. The zero-order chi connectivity index (χ0) is 10.6. The Morgan fingerprint density at radius 2 is 2.21 bits per heavy atom. The van der Waals surface area contributed by atoms with E-state index in [4.69, 9.17) is 14.9 Å². The lowest BCUT2D eigenvalue weighted by Crippen LogP contribution is -2.33. The van der Waals surface area contributed by atoms with Crippen molar-refractivity contribution in [3.8, 4) is 0 Å². The molecule has 2 atom stereocenters. The zero-order valence-corrected chi connectivity index (χ0v) is 9.07. The number of hydrogen-bond acceptors (Lipinski definition) is 3. The van der Waals surface area contributed by atoms with Crippen molar-refractivity contribution in [1.82, 2.24) is 0 Å². The molecule has 0 aliphatic carbocycles. The maximum atomic E-state index is 6.05. The molecule has 0 fully saturated rings. The molecule has 1 aromatic rings. The van der Waals surface area contributed by atoms with Crippen LogP contribution in [0, 0.1) is 5.92 Å². The monoisotopic (exact) mass is 197 g/mol. The van der Waals surface area contributed by atoms with Crippen molar-refractivity contribution in [2.45, 2.75) is 32.9 Å². The van der Waals surface area contributed by atoms with Gasteiger partial charge >= 0.3 is 0 Å². The van der Waals surface area contributed by atoms with E-state index in [9.17, 15) is 0 Å². The first-order chi connectivity index (χ1) is 6.66. The van der Waals surface area contributed by atoms with Gasteiger partial charge in [0.25, 0.3) is 0 Å². The van der Waals surface area contributed by atoms with E-state index in [0.717, 1.165) is 5.76 Å². The van der Waals surface area contributed by atoms with E-state index in [1.807, 2.05) is 19.1 Å². The minimum absolute atomic E-state index is 0.0196. The van der Waals surface area contributed by atoms with Crippen LogP contribution in [0.1, 0.15) is 32.6 Å². The molecule has 80 valence electrons. The predicted octanol–water partition coefficient (Wildman–Crippen LogP) is 2.34. The van der Waals surface area contributed by atoms with Crippen molar-refractivity contribution < 1.29 is 9.15 Å². The second-order valence-electron chi connectivity index (χ2n) is 3.71. The first-order valence-corrected chi connectivity index (χ1v) is 5.07.